The average molecular weight is 428 g/mol. The Kier molecular flexibility index (Phi) is 5.76. The number of amides is 2. The van der Waals surface area contributed by atoms with Crippen molar-refractivity contribution in [2.45, 2.75) is 44.9 Å². The van der Waals surface area contributed by atoms with Crippen LogP contribution in [0.1, 0.15) is 55.3 Å². The van der Waals surface area contributed by atoms with Crippen LogP contribution in [0.2, 0.25) is 0 Å². The lowest BCUT2D eigenvalue weighted by Crippen LogP contribution is -2.52. The molecule has 0 spiro atoms. The summed E-state index contributed by atoms with van der Waals surface area (Å²) in [5.41, 5.74) is 0.787. The van der Waals surface area contributed by atoms with Gasteiger partial charge >= 0.3 is 0 Å². The van der Waals surface area contributed by atoms with Gasteiger partial charge in [0.25, 0.3) is 5.91 Å². The Bertz CT molecular complexity index is 781. The summed E-state index contributed by atoms with van der Waals surface area (Å²) in [5.74, 6) is 2.52. The molecule has 6 heteroatoms. The summed E-state index contributed by atoms with van der Waals surface area (Å²) in [7, 11) is 0. The van der Waals surface area contributed by atoms with E-state index in [9.17, 15) is 14.0 Å². The first-order valence-electron chi connectivity index (χ1n) is 12.0. The number of nitrogens with one attached hydrogen (secondary N) is 1. The zero-order valence-electron chi connectivity index (χ0n) is 18.3. The summed E-state index contributed by atoms with van der Waals surface area (Å²) < 4.78 is 13.0. The minimum Gasteiger partial charge on any atom is -0.351 e. The molecule has 4 saturated carbocycles. The highest BCUT2D eigenvalue weighted by Gasteiger charge is 2.51. The number of carbonyl (C=O) groups is 2. The lowest BCUT2D eigenvalue weighted by atomic mass is 9.49. The van der Waals surface area contributed by atoms with E-state index < -0.39 is 0 Å². The van der Waals surface area contributed by atoms with Crippen LogP contribution in [0.25, 0.3) is 0 Å². The molecule has 0 aromatic heterocycles. The molecule has 5 fully saturated rings. The van der Waals surface area contributed by atoms with E-state index in [1.165, 1.54) is 62.8 Å². The van der Waals surface area contributed by atoms with Crippen molar-refractivity contribution in [3.05, 3.63) is 35.6 Å². The van der Waals surface area contributed by atoms with E-state index in [2.05, 4.69) is 15.1 Å². The van der Waals surface area contributed by atoms with Crippen LogP contribution in [0.4, 0.5) is 4.39 Å². The van der Waals surface area contributed by atoms with Gasteiger partial charge < -0.3 is 10.2 Å². The van der Waals surface area contributed by atoms with Gasteiger partial charge in [-0.1, -0.05) is 0 Å². The van der Waals surface area contributed by atoms with Crippen molar-refractivity contribution in [1.82, 2.24) is 15.1 Å². The van der Waals surface area contributed by atoms with Crippen LogP contribution >= 0.6 is 0 Å². The fourth-order valence-corrected chi connectivity index (χ4v) is 7.19. The van der Waals surface area contributed by atoms with Crippen molar-refractivity contribution in [2.24, 2.45) is 23.2 Å². The Morgan fingerprint density at radius 1 is 0.935 bits per heavy atom. The number of carbonyl (C=O) groups excluding carboxylic acids is 2. The number of nitrogens with zero attached hydrogens (tertiary/aromatic N) is 2. The van der Waals surface area contributed by atoms with Gasteiger partial charge in [0.1, 0.15) is 5.82 Å². The first-order chi connectivity index (χ1) is 15.0. The predicted molar refractivity (Wildman–Crippen MR) is 117 cm³/mol. The molecule has 1 heterocycles. The maximum atomic E-state index is 13.1. The third kappa shape index (κ3) is 4.64. The van der Waals surface area contributed by atoms with Gasteiger partial charge in [0.2, 0.25) is 5.91 Å². The molecule has 0 atom stereocenters. The molecule has 4 bridgehead atoms. The Morgan fingerprint density at radius 2 is 1.52 bits per heavy atom. The molecule has 1 aromatic carbocycles. The summed E-state index contributed by atoms with van der Waals surface area (Å²) >= 11 is 0. The molecule has 1 aromatic rings. The lowest BCUT2D eigenvalue weighted by Gasteiger charge is -2.57. The van der Waals surface area contributed by atoms with Crippen molar-refractivity contribution >= 4 is 11.8 Å². The third-order valence-electron chi connectivity index (χ3n) is 8.24. The third-order valence-corrected chi connectivity index (χ3v) is 8.24. The molecule has 5 aliphatic rings. The van der Waals surface area contributed by atoms with Crippen LogP contribution in [0, 0.1) is 29.0 Å². The molecular formula is C25H34FN3O2. The van der Waals surface area contributed by atoms with Gasteiger partial charge in [-0.25, -0.2) is 4.39 Å². The van der Waals surface area contributed by atoms with Crippen LogP contribution < -0.4 is 5.32 Å². The van der Waals surface area contributed by atoms with Gasteiger partial charge in [-0.3, -0.25) is 14.5 Å². The molecule has 1 N–H and O–H groups in total. The Morgan fingerprint density at radius 3 is 2.10 bits per heavy atom. The number of hydrogen-bond donors (Lipinski definition) is 1. The van der Waals surface area contributed by atoms with E-state index in [1.54, 1.807) is 0 Å². The predicted octanol–water partition coefficient (Wildman–Crippen LogP) is 3.31. The number of rotatable bonds is 6. The molecule has 4 aliphatic carbocycles. The highest BCUT2D eigenvalue weighted by Crippen LogP contribution is 2.61. The minimum absolute atomic E-state index is 0.176. The van der Waals surface area contributed by atoms with Crippen LogP contribution in [0.15, 0.2) is 24.3 Å². The van der Waals surface area contributed by atoms with Gasteiger partial charge in [0, 0.05) is 51.3 Å². The van der Waals surface area contributed by atoms with Crippen LogP contribution in [0.3, 0.4) is 0 Å². The summed E-state index contributed by atoms with van der Waals surface area (Å²) in [5, 5.41) is 2.90. The fraction of sp³-hybridized carbons (Fsp3) is 0.680. The highest BCUT2D eigenvalue weighted by molar-refractivity contribution is 5.94. The summed E-state index contributed by atoms with van der Waals surface area (Å²) in [4.78, 5) is 29.6. The van der Waals surface area contributed by atoms with Crippen molar-refractivity contribution < 1.29 is 14.0 Å². The SMILES string of the molecule is O=C(NCCN1CCN(C(=O)CC23CC4CC(CC(C4)C2)C3)CC1)c1ccc(F)cc1. The summed E-state index contributed by atoms with van der Waals surface area (Å²) in [6.45, 7) is 4.62. The summed E-state index contributed by atoms with van der Waals surface area (Å²) in [6.07, 6.45) is 8.90. The number of hydrogen-bond acceptors (Lipinski definition) is 3. The molecular weight excluding hydrogens is 393 g/mol. The Labute approximate surface area is 184 Å². The van der Waals surface area contributed by atoms with Crippen molar-refractivity contribution in [1.29, 1.82) is 0 Å². The average Bonchev–Trinajstić information content (AvgIpc) is 2.73. The lowest BCUT2D eigenvalue weighted by molar-refractivity contribution is -0.141. The van der Waals surface area contributed by atoms with E-state index in [0.29, 0.717) is 23.4 Å². The largest absolute Gasteiger partial charge is 0.351 e. The fourth-order valence-electron chi connectivity index (χ4n) is 7.19. The van der Waals surface area contributed by atoms with Crippen molar-refractivity contribution in [3.8, 4) is 0 Å². The molecule has 1 aliphatic heterocycles. The standard InChI is InChI=1S/C25H34FN3O2/c26-22-3-1-21(2-4-22)24(31)27-5-6-28-7-9-29(10-8-28)23(30)17-25-14-18-11-19(15-25)13-20(12-18)16-25/h1-4,18-20H,5-17H2,(H,27,31). The first kappa shape index (κ1) is 20.9. The summed E-state index contributed by atoms with van der Waals surface area (Å²) in [6, 6.07) is 5.60. The van der Waals surface area contributed by atoms with Crippen LogP contribution in [-0.2, 0) is 4.79 Å². The van der Waals surface area contributed by atoms with Gasteiger partial charge in [-0.2, -0.15) is 0 Å². The molecule has 5 nitrogen and oxygen atoms in total. The second kappa shape index (κ2) is 8.53. The second-order valence-electron chi connectivity index (χ2n) is 10.6. The topological polar surface area (TPSA) is 52.7 Å². The minimum atomic E-state index is -0.341. The smallest absolute Gasteiger partial charge is 0.251 e. The number of benzene rings is 1. The first-order valence-corrected chi connectivity index (χ1v) is 12.0. The maximum Gasteiger partial charge on any atom is 0.251 e. The van der Waals surface area contributed by atoms with E-state index in [0.717, 1.165) is 56.9 Å². The zero-order chi connectivity index (χ0) is 21.4. The van der Waals surface area contributed by atoms with Gasteiger partial charge in [-0.15, -0.1) is 0 Å². The van der Waals surface area contributed by atoms with E-state index in [-0.39, 0.29) is 11.7 Å². The van der Waals surface area contributed by atoms with E-state index in [4.69, 9.17) is 0 Å². The molecule has 1 saturated heterocycles. The number of piperazine rings is 1. The van der Waals surface area contributed by atoms with Crippen molar-refractivity contribution in [2.75, 3.05) is 39.3 Å². The Balaban J connectivity index is 1.04. The molecule has 31 heavy (non-hydrogen) atoms. The van der Waals surface area contributed by atoms with Gasteiger partial charge in [0.05, 0.1) is 0 Å². The maximum absolute atomic E-state index is 13.1. The van der Waals surface area contributed by atoms with E-state index in [1.807, 2.05) is 0 Å². The van der Waals surface area contributed by atoms with E-state index >= 15 is 0 Å². The highest BCUT2D eigenvalue weighted by atomic mass is 19.1. The molecule has 0 unspecified atom stereocenters. The molecule has 6 rings (SSSR count). The second-order valence-corrected chi connectivity index (χ2v) is 10.6. The Hall–Kier alpha value is -1.95. The zero-order valence-corrected chi connectivity index (χ0v) is 18.3. The van der Waals surface area contributed by atoms with Crippen LogP contribution in [0.5, 0.6) is 0 Å². The van der Waals surface area contributed by atoms with Crippen LogP contribution in [-0.4, -0.2) is 60.9 Å². The molecule has 2 amide bonds. The number of halogens is 1. The van der Waals surface area contributed by atoms with Gasteiger partial charge in [-0.05, 0) is 86.0 Å². The molecule has 0 radical (unpaired) electrons. The molecule has 168 valence electrons. The van der Waals surface area contributed by atoms with Crippen molar-refractivity contribution in [3.63, 3.8) is 0 Å². The quantitative estimate of drug-likeness (QED) is 0.758. The normalized spacial score (nSPS) is 32.3. The monoisotopic (exact) mass is 427 g/mol. The van der Waals surface area contributed by atoms with Gasteiger partial charge in [0.15, 0.2) is 0 Å².